The molecule has 39 heavy (non-hydrogen) atoms. The highest BCUT2D eigenvalue weighted by Gasteiger charge is 2.31. The highest BCUT2D eigenvalue weighted by Crippen LogP contribution is 2.34. The molecule has 5 rings (SSSR count). The molecule has 1 aliphatic rings. The van der Waals surface area contributed by atoms with Crippen LogP contribution in [0.3, 0.4) is 0 Å². The Morgan fingerprint density at radius 2 is 1.33 bits per heavy atom. The lowest BCUT2D eigenvalue weighted by molar-refractivity contribution is 0.0997. The first-order chi connectivity index (χ1) is 18.6. The number of furan rings is 1. The lowest BCUT2D eigenvalue weighted by atomic mass is 10.2. The van der Waals surface area contributed by atoms with E-state index in [-0.39, 0.29) is 31.9 Å². The number of amides is 1. The SMILES string of the molecule is O=C(Nc1ccc(N2CCN(c3c(F)c(F)c(F)c(F)c3F)CC2)c(Cl)c1)c1ccc(-c2ccc(Cl)cc2)o1. The van der Waals surface area contributed by atoms with Crippen molar-refractivity contribution in [3.63, 3.8) is 0 Å². The maximum Gasteiger partial charge on any atom is 0.291 e. The second-order valence-electron chi connectivity index (χ2n) is 8.68. The summed E-state index contributed by atoms with van der Waals surface area (Å²) in [7, 11) is 0. The number of piperazine rings is 1. The molecule has 0 bridgehead atoms. The Morgan fingerprint density at radius 3 is 1.95 bits per heavy atom. The molecule has 202 valence electrons. The topological polar surface area (TPSA) is 48.7 Å². The molecule has 1 fully saturated rings. The van der Waals surface area contributed by atoms with Crippen LogP contribution >= 0.6 is 23.2 Å². The van der Waals surface area contributed by atoms with Gasteiger partial charge in [-0.05, 0) is 54.6 Å². The Bertz CT molecular complexity index is 1530. The first-order valence-electron chi connectivity index (χ1n) is 11.6. The number of anilines is 3. The zero-order valence-electron chi connectivity index (χ0n) is 19.9. The van der Waals surface area contributed by atoms with Crippen molar-refractivity contribution in [3.05, 3.63) is 99.5 Å². The molecular formula is C27H18Cl2F5N3O2. The van der Waals surface area contributed by atoms with Crippen LogP contribution in [0.1, 0.15) is 10.6 Å². The summed E-state index contributed by atoms with van der Waals surface area (Å²) in [5.74, 6) is -9.80. The number of carbonyl (C=O) groups excluding carboxylic acids is 1. The molecule has 1 saturated heterocycles. The normalized spacial score (nSPS) is 13.6. The molecule has 3 aromatic carbocycles. The number of rotatable bonds is 5. The van der Waals surface area contributed by atoms with E-state index in [0.717, 1.165) is 10.5 Å². The zero-order chi connectivity index (χ0) is 27.8. The molecule has 1 aromatic heterocycles. The Balaban J connectivity index is 1.24. The van der Waals surface area contributed by atoms with Crippen molar-refractivity contribution < 1.29 is 31.2 Å². The van der Waals surface area contributed by atoms with Crippen LogP contribution in [0.15, 0.2) is 59.0 Å². The third-order valence-electron chi connectivity index (χ3n) is 6.29. The number of benzene rings is 3. The minimum absolute atomic E-state index is 0.0123. The average Bonchev–Trinajstić information content (AvgIpc) is 3.43. The van der Waals surface area contributed by atoms with E-state index in [9.17, 15) is 26.7 Å². The molecule has 0 spiro atoms. The van der Waals surface area contributed by atoms with E-state index in [0.29, 0.717) is 27.2 Å². The fourth-order valence-corrected chi connectivity index (χ4v) is 4.73. The molecule has 1 N–H and O–H groups in total. The third-order valence-corrected chi connectivity index (χ3v) is 6.84. The van der Waals surface area contributed by atoms with Crippen LogP contribution in [0.25, 0.3) is 11.3 Å². The van der Waals surface area contributed by atoms with Gasteiger partial charge >= 0.3 is 0 Å². The van der Waals surface area contributed by atoms with Crippen LogP contribution < -0.4 is 15.1 Å². The van der Waals surface area contributed by atoms with Crippen molar-refractivity contribution in [3.8, 4) is 11.3 Å². The van der Waals surface area contributed by atoms with Crippen LogP contribution in [0.2, 0.25) is 10.0 Å². The minimum atomic E-state index is -2.19. The van der Waals surface area contributed by atoms with Gasteiger partial charge in [0.1, 0.15) is 11.4 Å². The van der Waals surface area contributed by atoms with Crippen LogP contribution in [0.4, 0.5) is 39.0 Å². The van der Waals surface area contributed by atoms with Crippen LogP contribution in [0.5, 0.6) is 0 Å². The lowest BCUT2D eigenvalue weighted by Gasteiger charge is -2.38. The van der Waals surface area contributed by atoms with Gasteiger partial charge in [-0.1, -0.05) is 23.2 Å². The van der Waals surface area contributed by atoms with Crippen molar-refractivity contribution in [1.29, 1.82) is 0 Å². The highest BCUT2D eigenvalue weighted by atomic mass is 35.5. The first kappa shape index (κ1) is 26.8. The van der Waals surface area contributed by atoms with Crippen molar-refractivity contribution in [2.24, 2.45) is 0 Å². The van der Waals surface area contributed by atoms with Gasteiger partial charge < -0.3 is 19.5 Å². The molecule has 0 radical (unpaired) electrons. The van der Waals surface area contributed by atoms with Crippen molar-refractivity contribution >= 4 is 46.2 Å². The van der Waals surface area contributed by atoms with E-state index in [4.69, 9.17) is 27.6 Å². The molecule has 0 atom stereocenters. The monoisotopic (exact) mass is 581 g/mol. The van der Waals surface area contributed by atoms with E-state index in [2.05, 4.69) is 5.32 Å². The molecular weight excluding hydrogens is 564 g/mol. The van der Waals surface area contributed by atoms with Gasteiger partial charge in [-0.3, -0.25) is 4.79 Å². The summed E-state index contributed by atoms with van der Waals surface area (Å²) in [4.78, 5) is 15.6. The average molecular weight is 582 g/mol. The Morgan fingerprint density at radius 1 is 0.744 bits per heavy atom. The smallest absolute Gasteiger partial charge is 0.291 e. The predicted octanol–water partition coefficient (Wildman–Crippen LogP) is 7.53. The third kappa shape index (κ3) is 5.26. The van der Waals surface area contributed by atoms with Crippen LogP contribution in [-0.4, -0.2) is 32.1 Å². The predicted molar refractivity (Wildman–Crippen MR) is 139 cm³/mol. The maximum absolute atomic E-state index is 14.2. The summed E-state index contributed by atoms with van der Waals surface area (Å²) >= 11 is 12.4. The summed E-state index contributed by atoms with van der Waals surface area (Å²) in [6.45, 7) is 0.374. The zero-order valence-corrected chi connectivity index (χ0v) is 21.4. The van der Waals surface area contributed by atoms with Gasteiger partial charge in [0.05, 0.1) is 10.7 Å². The van der Waals surface area contributed by atoms with Gasteiger partial charge in [0.2, 0.25) is 5.82 Å². The van der Waals surface area contributed by atoms with Gasteiger partial charge in [-0.2, -0.15) is 0 Å². The molecule has 2 heterocycles. The number of hydrogen-bond donors (Lipinski definition) is 1. The largest absolute Gasteiger partial charge is 0.451 e. The first-order valence-corrected chi connectivity index (χ1v) is 12.4. The minimum Gasteiger partial charge on any atom is -0.451 e. The molecule has 1 aliphatic heterocycles. The number of nitrogens with one attached hydrogen (secondary N) is 1. The molecule has 0 aliphatic carbocycles. The van der Waals surface area contributed by atoms with Crippen molar-refractivity contribution in [1.82, 2.24) is 0 Å². The number of carbonyl (C=O) groups is 1. The van der Waals surface area contributed by atoms with Crippen molar-refractivity contribution in [2.75, 3.05) is 41.3 Å². The molecule has 0 saturated carbocycles. The van der Waals surface area contributed by atoms with Gasteiger partial charge in [0.15, 0.2) is 29.0 Å². The summed E-state index contributed by atoms with van der Waals surface area (Å²) in [5.41, 5.74) is 0.784. The quantitative estimate of drug-likeness (QED) is 0.150. The standard InChI is InChI=1S/C27H18Cl2F5N3O2/c28-15-3-1-14(2-4-15)19-7-8-20(39-19)27(38)35-16-5-6-18(17(29)13-16)36-9-11-37(12-10-36)26-24(33)22(31)21(30)23(32)25(26)34/h1-8,13H,9-12H2,(H,35,38). The summed E-state index contributed by atoms with van der Waals surface area (Å²) in [6, 6.07) is 15.0. The highest BCUT2D eigenvalue weighted by molar-refractivity contribution is 6.33. The van der Waals surface area contributed by atoms with Crippen molar-refractivity contribution in [2.45, 2.75) is 0 Å². The fraction of sp³-hybridized carbons (Fsp3) is 0.148. The van der Waals surface area contributed by atoms with E-state index in [1.807, 2.05) is 0 Å². The summed E-state index contributed by atoms with van der Waals surface area (Å²) < 4.78 is 74.7. The maximum atomic E-state index is 14.2. The molecule has 12 heteroatoms. The van der Waals surface area contributed by atoms with Gasteiger partial charge in [0.25, 0.3) is 5.91 Å². The van der Waals surface area contributed by atoms with E-state index < -0.39 is 40.7 Å². The Hall–Kier alpha value is -3.76. The second kappa shape index (κ2) is 10.8. The van der Waals surface area contributed by atoms with Crippen LogP contribution in [-0.2, 0) is 0 Å². The fourth-order valence-electron chi connectivity index (χ4n) is 4.30. The van der Waals surface area contributed by atoms with Gasteiger partial charge in [-0.25, -0.2) is 22.0 Å². The molecule has 1 amide bonds. The molecule has 0 unspecified atom stereocenters. The molecule has 4 aromatic rings. The van der Waals surface area contributed by atoms with E-state index in [1.54, 1.807) is 53.4 Å². The Labute approximate surface area is 229 Å². The molecule has 5 nitrogen and oxygen atoms in total. The summed E-state index contributed by atoms with van der Waals surface area (Å²) in [6.07, 6.45) is 0. The van der Waals surface area contributed by atoms with E-state index >= 15 is 0 Å². The van der Waals surface area contributed by atoms with Gasteiger partial charge in [-0.15, -0.1) is 0 Å². The lowest BCUT2D eigenvalue weighted by Crippen LogP contribution is -2.47. The van der Waals surface area contributed by atoms with Gasteiger partial charge in [0, 0.05) is 42.5 Å². The second-order valence-corrected chi connectivity index (χ2v) is 9.53. The van der Waals surface area contributed by atoms with Crippen LogP contribution in [0, 0.1) is 29.1 Å². The summed E-state index contributed by atoms with van der Waals surface area (Å²) in [5, 5.41) is 3.58. The number of hydrogen-bond acceptors (Lipinski definition) is 4. The Kier molecular flexibility index (Phi) is 7.42. The van der Waals surface area contributed by atoms with E-state index in [1.165, 1.54) is 6.07 Å². The number of nitrogens with zero attached hydrogens (tertiary/aromatic N) is 2. The number of halogens is 7.